The van der Waals surface area contributed by atoms with Gasteiger partial charge in [-0.05, 0) is 18.9 Å². The Bertz CT molecular complexity index is 1010. The summed E-state index contributed by atoms with van der Waals surface area (Å²) in [7, 11) is 0. The van der Waals surface area contributed by atoms with Gasteiger partial charge in [-0.1, -0.05) is 43.2 Å². The number of nitrogens with zero attached hydrogens (tertiary/aromatic N) is 3. The first-order valence-electron chi connectivity index (χ1n) is 10.6. The van der Waals surface area contributed by atoms with Crippen LogP contribution in [-0.4, -0.2) is 40.7 Å². The van der Waals surface area contributed by atoms with Crippen LogP contribution in [-0.2, 0) is 9.59 Å². The van der Waals surface area contributed by atoms with E-state index in [9.17, 15) is 19.7 Å². The summed E-state index contributed by atoms with van der Waals surface area (Å²) in [5.74, 6) is -0.469. The molecule has 2 aromatic carbocycles. The van der Waals surface area contributed by atoms with Crippen LogP contribution in [0.3, 0.4) is 0 Å². The number of nitrogens with one attached hydrogen (secondary N) is 1. The van der Waals surface area contributed by atoms with Gasteiger partial charge in [-0.25, -0.2) is 5.48 Å². The van der Waals surface area contributed by atoms with Gasteiger partial charge in [0, 0.05) is 42.6 Å². The van der Waals surface area contributed by atoms with Crippen LogP contribution >= 0.6 is 0 Å². The summed E-state index contributed by atoms with van der Waals surface area (Å²) in [6.07, 6.45) is 3.48. The van der Waals surface area contributed by atoms with Crippen LogP contribution in [0.15, 0.2) is 53.5 Å². The van der Waals surface area contributed by atoms with E-state index < -0.39 is 10.8 Å². The van der Waals surface area contributed by atoms with Crippen molar-refractivity contribution < 1.29 is 19.7 Å². The van der Waals surface area contributed by atoms with Gasteiger partial charge >= 0.3 is 0 Å². The van der Waals surface area contributed by atoms with Gasteiger partial charge in [-0.3, -0.25) is 29.9 Å². The van der Waals surface area contributed by atoms with Crippen molar-refractivity contribution in [1.29, 1.82) is 0 Å². The molecule has 0 atom stereocenters. The monoisotopic (exact) mass is 438 g/mol. The second-order valence-corrected chi connectivity index (χ2v) is 7.55. The smallest absolute Gasteiger partial charge is 0.270 e. The van der Waals surface area contributed by atoms with Crippen molar-refractivity contribution in [2.75, 3.05) is 18.0 Å². The third-order valence-electron chi connectivity index (χ3n) is 5.35. The summed E-state index contributed by atoms with van der Waals surface area (Å²) >= 11 is 0. The first-order chi connectivity index (χ1) is 15.5. The Kier molecular flexibility index (Phi) is 8.04. The van der Waals surface area contributed by atoms with Crippen molar-refractivity contribution in [3.8, 4) is 0 Å². The zero-order valence-electron chi connectivity index (χ0n) is 17.7. The van der Waals surface area contributed by atoms with Crippen molar-refractivity contribution in [2.45, 2.75) is 38.5 Å². The molecule has 0 saturated carbocycles. The second-order valence-electron chi connectivity index (χ2n) is 7.55. The van der Waals surface area contributed by atoms with E-state index in [-0.39, 0.29) is 18.0 Å². The molecular formula is C23H26N4O5. The molecule has 2 N–H and O–H groups in total. The Morgan fingerprint density at radius 3 is 2.47 bits per heavy atom. The highest BCUT2D eigenvalue weighted by Gasteiger charge is 2.25. The third kappa shape index (κ3) is 5.76. The van der Waals surface area contributed by atoms with Gasteiger partial charge in [-0.15, -0.1) is 0 Å². The Labute approximate surface area is 185 Å². The number of hydroxylamine groups is 1. The first kappa shape index (κ1) is 23.1. The largest absolute Gasteiger partial charge is 0.310 e. The minimum Gasteiger partial charge on any atom is -0.310 e. The van der Waals surface area contributed by atoms with Crippen LogP contribution in [0.5, 0.6) is 0 Å². The molecule has 1 aliphatic heterocycles. The number of anilines is 1. The SMILES string of the molecule is O=C(CCCCCCC(=O)N1CCN=C(c2ccccc2)c2cc([N+](=O)[O-])ccc21)NO. The summed E-state index contributed by atoms with van der Waals surface area (Å²) < 4.78 is 0. The third-order valence-corrected chi connectivity index (χ3v) is 5.35. The van der Waals surface area contributed by atoms with E-state index in [1.54, 1.807) is 16.4 Å². The quantitative estimate of drug-likeness (QED) is 0.268. The number of hydrogen-bond acceptors (Lipinski definition) is 6. The Morgan fingerprint density at radius 2 is 1.78 bits per heavy atom. The highest BCUT2D eigenvalue weighted by molar-refractivity contribution is 6.18. The Balaban J connectivity index is 1.75. The lowest BCUT2D eigenvalue weighted by molar-refractivity contribution is -0.384. The van der Waals surface area contributed by atoms with Gasteiger partial charge in [0.25, 0.3) is 5.69 Å². The fourth-order valence-corrected chi connectivity index (χ4v) is 3.74. The van der Waals surface area contributed by atoms with E-state index in [2.05, 4.69) is 4.99 Å². The Hall–Kier alpha value is -3.59. The zero-order valence-corrected chi connectivity index (χ0v) is 17.7. The van der Waals surface area contributed by atoms with Crippen molar-refractivity contribution in [1.82, 2.24) is 5.48 Å². The molecule has 0 fully saturated rings. The van der Waals surface area contributed by atoms with Gasteiger partial charge in [0.15, 0.2) is 0 Å². The molecular weight excluding hydrogens is 412 g/mol. The van der Waals surface area contributed by atoms with Crippen molar-refractivity contribution in [2.24, 2.45) is 4.99 Å². The fourth-order valence-electron chi connectivity index (χ4n) is 3.74. The molecule has 2 aromatic rings. The maximum absolute atomic E-state index is 13.0. The summed E-state index contributed by atoms with van der Waals surface area (Å²) in [5, 5.41) is 19.9. The second kappa shape index (κ2) is 11.1. The molecule has 168 valence electrons. The van der Waals surface area contributed by atoms with Gasteiger partial charge in [0.05, 0.1) is 22.9 Å². The van der Waals surface area contributed by atoms with E-state index in [0.29, 0.717) is 49.3 Å². The average Bonchev–Trinajstić information content (AvgIpc) is 3.00. The molecule has 9 nitrogen and oxygen atoms in total. The maximum Gasteiger partial charge on any atom is 0.270 e. The van der Waals surface area contributed by atoms with E-state index in [1.165, 1.54) is 12.1 Å². The van der Waals surface area contributed by atoms with E-state index in [0.717, 1.165) is 18.4 Å². The zero-order chi connectivity index (χ0) is 22.9. The number of nitro groups is 1. The van der Waals surface area contributed by atoms with Crippen molar-refractivity contribution in [3.05, 3.63) is 69.8 Å². The highest BCUT2D eigenvalue weighted by Crippen LogP contribution is 2.30. The lowest BCUT2D eigenvalue weighted by atomic mass is 9.99. The van der Waals surface area contributed by atoms with Gasteiger partial charge < -0.3 is 4.90 Å². The van der Waals surface area contributed by atoms with Crippen LogP contribution in [0.4, 0.5) is 11.4 Å². The molecule has 1 heterocycles. The number of carbonyl (C=O) groups excluding carboxylic acids is 2. The average molecular weight is 438 g/mol. The number of nitro benzene ring substituents is 1. The molecule has 0 spiro atoms. The summed E-state index contributed by atoms with van der Waals surface area (Å²) in [6, 6.07) is 14.0. The molecule has 1 aliphatic rings. The highest BCUT2D eigenvalue weighted by atomic mass is 16.6. The molecule has 0 aliphatic carbocycles. The fraction of sp³-hybridized carbons (Fsp3) is 0.348. The summed E-state index contributed by atoms with van der Waals surface area (Å²) in [5.41, 5.74) is 4.24. The van der Waals surface area contributed by atoms with E-state index in [1.807, 2.05) is 30.3 Å². The Morgan fingerprint density at radius 1 is 1.06 bits per heavy atom. The molecule has 0 saturated heterocycles. The molecule has 0 aromatic heterocycles. The first-order valence-corrected chi connectivity index (χ1v) is 10.6. The minimum absolute atomic E-state index is 0.0476. The van der Waals surface area contributed by atoms with E-state index >= 15 is 0 Å². The standard InChI is InChI=1S/C23H26N4O5/c28-21(25-30)10-6-1-2-7-11-22(29)26-15-14-24-23(17-8-4-3-5-9-17)19-16-18(27(31)32)12-13-20(19)26/h3-5,8-9,12-13,16,30H,1-2,6-7,10-11,14-15H2,(H,25,28). The molecule has 32 heavy (non-hydrogen) atoms. The number of benzodiazepines with no additional fused rings is 1. The number of aliphatic imine (C=N–C) groups is 1. The molecule has 0 unspecified atom stereocenters. The summed E-state index contributed by atoms with van der Waals surface area (Å²) in [6.45, 7) is 0.797. The van der Waals surface area contributed by atoms with Crippen LogP contribution in [0.1, 0.15) is 49.7 Å². The minimum atomic E-state index is -0.447. The molecule has 0 radical (unpaired) electrons. The lowest BCUT2D eigenvalue weighted by Gasteiger charge is -2.23. The molecule has 9 heteroatoms. The van der Waals surface area contributed by atoms with Crippen molar-refractivity contribution >= 4 is 28.9 Å². The number of benzene rings is 2. The van der Waals surface area contributed by atoms with Crippen LogP contribution in [0.25, 0.3) is 0 Å². The van der Waals surface area contributed by atoms with Gasteiger partial charge in [0.2, 0.25) is 11.8 Å². The topological polar surface area (TPSA) is 125 Å². The number of non-ortho nitro benzene ring substituents is 1. The predicted octanol–water partition coefficient (Wildman–Crippen LogP) is 3.62. The molecule has 3 rings (SSSR count). The lowest BCUT2D eigenvalue weighted by Crippen LogP contribution is -2.33. The molecule has 2 amide bonds. The maximum atomic E-state index is 13.0. The number of unbranched alkanes of at least 4 members (excludes halogenated alkanes) is 3. The van der Waals surface area contributed by atoms with Crippen LogP contribution in [0.2, 0.25) is 0 Å². The van der Waals surface area contributed by atoms with Crippen molar-refractivity contribution in [3.63, 3.8) is 0 Å². The number of carbonyl (C=O) groups is 2. The molecule has 0 bridgehead atoms. The normalized spacial score (nSPS) is 13.0. The van der Waals surface area contributed by atoms with Crippen LogP contribution < -0.4 is 10.4 Å². The summed E-state index contributed by atoms with van der Waals surface area (Å²) in [4.78, 5) is 41.3. The number of hydrogen-bond donors (Lipinski definition) is 2. The van der Waals surface area contributed by atoms with Gasteiger partial charge in [-0.2, -0.15) is 0 Å². The van der Waals surface area contributed by atoms with Crippen LogP contribution in [0, 0.1) is 10.1 Å². The number of amides is 2. The predicted molar refractivity (Wildman–Crippen MR) is 120 cm³/mol. The van der Waals surface area contributed by atoms with Gasteiger partial charge in [0.1, 0.15) is 0 Å². The number of rotatable bonds is 9. The van der Waals surface area contributed by atoms with E-state index in [4.69, 9.17) is 5.21 Å². The number of fused-ring (bicyclic) bond motifs is 1.